The molecule has 1 heterocycles. The van der Waals surface area contributed by atoms with Gasteiger partial charge in [0.15, 0.2) is 0 Å². The lowest BCUT2D eigenvalue weighted by Gasteiger charge is -2.18. The quantitative estimate of drug-likeness (QED) is 0.889. The Kier molecular flexibility index (Phi) is 4.86. The average Bonchev–Trinajstić information content (AvgIpc) is 2.88. The number of methoxy groups -OCH3 is 1. The van der Waals surface area contributed by atoms with Crippen molar-refractivity contribution < 1.29 is 4.74 Å². The van der Waals surface area contributed by atoms with E-state index >= 15 is 0 Å². The molecule has 19 heavy (non-hydrogen) atoms. The molecule has 4 heteroatoms. The minimum atomic E-state index is 0.179. The summed E-state index contributed by atoms with van der Waals surface area (Å²) in [5, 5.41) is 6.16. The van der Waals surface area contributed by atoms with E-state index in [2.05, 4.69) is 29.8 Å². The molecule has 0 aliphatic rings. The Morgan fingerprint density at radius 2 is 2.16 bits per heavy atom. The number of thiophene rings is 1. The minimum Gasteiger partial charge on any atom is -0.495 e. The fraction of sp³-hybridized carbons (Fsp3) is 0.333. The number of halogens is 1. The van der Waals surface area contributed by atoms with Crippen LogP contribution in [-0.2, 0) is 6.42 Å². The van der Waals surface area contributed by atoms with E-state index in [-0.39, 0.29) is 6.04 Å². The Labute approximate surface area is 123 Å². The molecule has 0 aliphatic heterocycles. The number of hydrogen-bond donors (Lipinski definition) is 1. The number of aryl methyl sites for hydroxylation is 1. The second kappa shape index (κ2) is 6.42. The molecule has 0 spiro atoms. The van der Waals surface area contributed by atoms with Crippen LogP contribution in [0, 0.1) is 0 Å². The topological polar surface area (TPSA) is 21.3 Å². The van der Waals surface area contributed by atoms with Gasteiger partial charge in [-0.1, -0.05) is 24.6 Å². The van der Waals surface area contributed by atoms with Crippen LogP contribution in [0.3, 0.4) is 0 Å². The van der Waals surface area contributed by atoms with Crippen molar-refractivity contribution >= 4 is 22.9 Å². The normalized spacial score (nSPS) is 12.4. The summed E-state index contributed by atoms with van der Waals surface area (Å²) in [6.45, 7) is 2.18. The Morgan fingerprint density at radius 1 is 1.37 bits per heavy atom. The molecule has 0 bridgehead atoms. The van der Waals surface area contributed by atoms with Gasteiger partial charge in [0.25, 0.3) is 0 Å². The molecule has 0 fully saturated rings. The summed E-state index contributed by atoms with van der Waals surface area (Å²) in [6, 6.07) is 8.32. The molecular formula is C15H18ClNOS. The molecule has 1 aromatic heterocycles. The predicted molar refractivity (Wildman–Crippen MR) is 82.6 cm³/mol. The molecule has 0 saturated heterocycles. The molecule has 2 nitrogen and oxygen atoms in total. The van der Waals surface area contributed by atoms with Gasteiger partial charge in [0.2, 0.25) is 0 Å². The number of nitrogens with one attached hydrogen (secondary N) is 1. The van der Waals surface area contributed by atoms with Crippen LogP contribution in [0.25, 0.3) is 0 Å². The van der Waals surface area contributed by atoms with Crippen LogP contribution in [0.1, 0.15) is 29.0 Å². The molecule has 2 rings (SSSR count). The minimum absolute atomic E-state index is 0.179. The van der Waals surface area contributed by atoms with Crippen molar-refractivity contribution in [2.75, 3.05) is 14.2 Å². The zero-order valence-corrected chi connectivity index (χ0v) is 12.9. The summed E-state index contributed by atoms with van der Waals surface area (Å²) in [4.78, 5) is 1.35. The van der Waals surface area contributed by atoms with Crippen LogP contribution in [0.4, 0.5) is 0 Å². The number of rotatable bonds is 5. The largest absolute Gasteiger partial charge is 0.495 e. The summed E-state index contributed by atoms with van der Waals surface area (Å²) in [6.07, 6.45) is 1.04. The smallest absolute Gasteiger partial charge is 0.137 e. The summed E-state index contributed by atoms with van der Waals surface area (Å²) in [5.74, 6) is 0.710. The number of ether oxygens (including phenoxy) is 1. The van der Waals surface area contributed by atoms with E-state index in [1.54, 1.807) is 18.4 Å². The van der Waals surface area contributed by atoms with Gasteiger partial charge in [-0.05, 0) is 48.2 Å². The van der Waals surface area contributed by atoms with Crippen LogP contribution in [-0.4, -0.2) is 14.2 Å². The maximum absolute atomic E-state index is 6.22. The Balaban J connectivity index is 2.40. The summed E-state index contributed by atoms with van der Waals surface area (Å²) < 4.78 is 5.20. The highest BCUT2D eigenvalue weighted by Crippen LogP contribution is 2.33. The zero-order chi connectivity index (χ0) is 13.8. The first kappa shape index (κ1) is 14.4. The fourth-order valence-electron chi connectivity index (χ4n) is 2.20. The van der Waals surface area contributed by atoms with Gasteiger partial charge in [0.05, 0.1) is 18.2 Å². The lowest BCUT2D eigenvalue weighted by molar-refractivity contribution is 0.414. The van der Waals surface area contributed by atoms with E-state index < -0.39 is 0 Å². The first-order valence-corrected chi connectivity index (χ1v) is 7.54. The second-order valence-corrected chi connectivity index (χ2v) is 5.63. The van der Waals surface area contributed by atoms with Crippen molar-refractivity contribution in [2.24, 2.45) is 0 Å². The van der Waals surface area contributed by atoms with Crippen molar-refractivity contribution in [2.45, 2.75) is 19.4 Å². The summed E-state index contributed by atoms with van der Waals surface area (Å²) in [7, 11) is 3.60. The average molecular weight is 296 g/mol. The molecule has 1 aromatic carbocycles. The van der Waals surface area contributed by atoms with E-state index in [1.807, 2.05) is 19.2 Å². The Morgan fingerprint density at radius 3 is 2.74 bits per heavy atom. The van der Waals surface area contributed by atoms with Gasteiger partial charge in [0.1, 0.15) is 5.75 Å². The number of hydrogen-bond acceptors (Lipinski definition) is 3. The van der Waals surface area contributed by atoms with Gasteiger partial charge in [-0.15, -0.1) is 11.3 Å². The highest BCUT2D eigenvalue weighted by molar-refractivity contribution is 7.10. The van der Waals surface area contributed by atoms with Crippen LogP contribution >= 0.6 is 22.9 Å². The van der Waals surface area contributed by atoms with E-state index in [0.717, 1.165) is 12.0 Å². The Hall–Kier alpha value is -1.03. The molecule has 0 aliphatic carbocycles. The molecular weight excluding hydrogens is 278 g/mol. The van der Waals surface area contributed by atoms with E-state index in [0.29, 0.717) is 10.8 Å². The molecule has 1 N–H and O–H groups in total. The highest BCUT2D eigenvalue weighted by atomic mass is 35.5. The van der Waals surface area contributed by atoms with Crippen LogP contribution in [0.5, 0.6) is 5.75 Å². The predicted octanol–water partition coefficient (Wildman–Crippen LogP) is 4.28. The van der Waals surface area contributed by atoms with Gasteiger partial charge in [-0.25, -0.2) is 0 Å². The van der Waals surface area contributed by atoms with Gasteiger partial charge < -0.3 is 10.1 Å². The molecule has 1 atom stereocenters. The third-order valence-corrected chi connectivity index (χ3v) is 4.54. The zero-order valence-electron chi connectivity index (χ0n) is 11.4. The van der Waals surface area contributed by atoms with Crippen molar-refractivity contribution in [3.05, 3.63) is 50.7 Å². The first-order valence-electron chi connectivity index (χ1n) is 6.28. The van der Waals surface area contributed by atoms with E-state index in [4.69, 9.17) is 16.3 Å². The van der Waals surface area contributed by atoms with Gasteiger partial charge in [-0.2, -0.15) is 0 Å². The van der Waals surface area contributed by atoms with Crippen LogP contribution < -0.4 is 10.1 Å². The van der Waals surface area contributed by atoms with Crippen LogP contribution in [0.15, 0.2) is 29.6 Å². The van der Waals surface area contributed by atoms with Gasteiger partial charge >= 0.3 is 0 Å². The number of benzene rings is 1. The van der Waals surface area contributed by atoms with Gasteiger partial charge in [-0.3, -0.25) is 0 Å². The van der Waals surface area contributed by atoms with Crippen LogP contribution in [0.2, 0.25) is 5.02 Å². The third-order valence-electron chi connectivity index (χ3n) is 3.22. The second-order valence-electron chi connectivity index (χ2n) is 4.28. The first-order chi connectivity index (χ1) is 9.21. The SMILES string of the molecule is CCc1ccsc1C(NC)c1ccc(OC)c(Cl)c1. The van der Waals surface area contributed by atoms with Gasteiger partial charge in [0, 0.05) is 4.88 Å². The maximum atomic E-state index is 6.22. The van der Waals surface area contributed by atoms with Crippen molar-refractivity contribution in [3.8, 4) is 5.75 Å². The fourth-order valence-corrected chi connectivity index (χ4v) is 3.60. The van der Waals surface area contributed by atoms with Crippen molar-refractivity contribution in [1.29, 1.82) is 0 Å². The molecule has 0 saturated carbocycles. The summed E-state index contributed by atoms with van der Waals surface area (Å²) >= 11 is 8.00. The monoisotopic (exact) mass is 295 g/mol. The molecule has 0 radical (unpaired) electrons. The lowest BCUT2D eigenvalue weighted by atomic mass is 10.0. The summed E-state index contributed by atoms with van der Waals surface area (Å²) in [5.41, 5.74) is 2.54. The third kappa shape index (κ3) is 2.94. The maximum Gasteiger partial charge on any atom is 0.137 e. The van der Waals surface area contributed by atoms with E-state index in [9.17, 15) is 0 Å². The standard InChI is InChI=1S/C15H18ClNOS/c1-4-10-7-8-19-15(10)14(17-2)11-5-6-13(18-3)12(16)9-11/h5-9,14,17H,4H2,1-3H3. The molecule has 2 aromatic rings. The lowest BCUT2D eigenvalue weighted by Crippen LogP contribution is -2.17. The van der Waals surface area contributed by atoms with Crippen molar-refractivity contribution in [3.63, 3.8) is 0 Å². The van der Waals surface area contributed by atoms with Crippen molar-refractivity contribution in [1.82, 2.24) is 5.32 Å². The molecule has 1 unspecified atom stereocenters. The highest BCUT2D eigenvalue weighted by Gasteiger charge is 2.17. The molecule has 0 amide bonds. The van der Waals surface area contributed by atoms with E-state index in [1.165, 1.54) is 10.4 Å². The Bertz CT molecular complexity index is 553. The molecule has 102 valence electrons.